The molecule has 6 aliphatic carbocycles. The van der Waals surface area contributed by atoms with Crippen molar-refractivity contribution in [2.45, 2.75) is 32.1 Å². The molecule has 0 aliphatic heterocycles. The van der Waals surface area contributed by atoms with Gasteiger partial charge in [-0.2, -0.15) is 0 Å². The fraction of sp³-hybridized carbons (Fsp3) is 0.800. The van der Waals surface area contributed by atoms with Crippen molar-refractivity contribution in [1.29, 1.82) is 0 Å². The Labute approximate surface area is 141 Å². The van der Waals surface area contributed by atoms with Gasteiger partial charge in [0, 0.05) is 0 Å². The summed E-state index contributed by atoms with van der Waals surface area (Å²) < 4.78 is 0. The molecule has 0 saturated heterocycles. The number of allylic oxidation sites excluding steroid dienone is 2. The zero-order chi connectivity index (χ0) is 16.4. The lowest BCUT2D eigenvalue weighted by Crippen LogP contribution is -2.49. The molecule has 11 unspecified atom stereocenters. The van der Waals surface area contributed by atoms with Crippen LogP contribution in [0.1, 0.15) is 32.1 Å². The SMILES string of the molecule is O=C(O)CC1(C(=O)O)CC2CC1C1C3CC(C4C5C=CC(C5)C34)C21. The zero-order valence-electron chi connectivity index (χ0n) is 13.7. The predicted octanol–water partition coefficient (Wildman–Crippen LogP) is 2.89. The molecule has 5 saturated carbocycles. The van der Waals surface area contributed by atoms with Crippen LogP contribution in [0.2, 0.25) is 0 Å². The van der Waals surface area contributed by atoms with Gasteiger partial charge in [0.05, 0.1) is 11.8 Å². The second-order valence-electron chi connectivity index (χ2n) is 9.66. The lowest BCUT2D eigenvalue weighted by Gasteiger charge is -2.48. The Morgan fingerprint density at radius 1 is 0.917 bits per heavy atom. The lowest BCUT2D eigenvalue weighted by molar-refractivity contribution is -0.163. The smallest absolute Gasteiger partial charge is 0.310 e. The van der Waals surface area contributed by atoms with Gasteiger partial charge in [0.15, 0.2) is 0 Å². The van der Waals surface area contributed by atoms with Crippen LogP contribution in [-0.4, -0.2) is 22.2 Å². The summed E-state index contributed by atoms with van der Waals surface area (Å²) in [5.74, 6) is 4.64. The van der Waals surface area contributed by atoms with E-state index in [4.69, 9.17) is 0 Å². The van der Waals surface area contributed by atoms with Crippen molar-refractivity contribution in [3.8, 4) is 0 Å². The number of fused-ring (bicyclic) bond motifs is 16. The minimum Gasteiger partial charge on any atom is -0.481 e. The first kappa shape index (κ1) is 13.9. The monoisotopic (exact) mass is 328 g/mol. The molecule has 2 N–H and O–H groups in total. The van der Waals surface area contributed by atoms with E-state index >= 15 is 0 Å². The van der Waals surface area contributed by atoms with Crippen LogP contribution in [0.5, 0.6) is 0 Å². The van der Waals surface area contributed by atoms with Gasteiger partial charge in [-0.3, -0.25) is 9.59 Å². The van der Waals surface area contributed by atoms with Gasteiger partial charge in [0.1, 0.15) is 0 Å². The van der Waals surface area contributed by atoms with Crippen molar-refractivity contribution < 1.29 is 19.8 Å². The quantitative estimate of drug-likeness (QED) is 0.617. The maximum Gasteiger partial charge on any atom is 0.310 e. The van der Waals surface area contributed by atoms with Gasteiger partial charge in [0.2, 0.25) is 0 Å². The van der Waals surface area contributed by atoms with Crippen molar-refractivity contribution in [2.24, 2.45) is 64.6 Å². The van der Waals surface area contributed by atoms with E-state index in [0.717, 1.165) is 36.0 Å². The van der Waals surface area contributed by atoms with Crippen molar-refractivity contribution in [3.63, 3.8) is 0 Å². The highest BCUT2D eigenvalue weighted by atomic mass is 16.4. The van der Waals surface area contributed by atoms with Crippen LogP contribution in [0.4, 0.5) is 0 Å². The molecule has 128 valence electrons. The lowest BCUT2D eigenvalue weighted by atomic mass is 9.55. The molecule has 6 rings (SSSR count). The number of carbonyl (C=O) groups is 2. The molecule has 0 aromatic heterocycles. The summed E-state index contributed by atoms with van der Waals surface area (Å²) in [7, 11) is 0. The molecule has 0 spiro atoms. The maximum atomic E-state index is 12.1. The van der Waals surface area contributed by atoms with Gasteiger partial charge < -0.3 is 10.2 Å². The van der Waals surface area contributed by atoms with E-state index in [1.807, 2.05) is 0 Å². The van der Waals surface area contributed by atoms with Crippen molar-refractivity contribution in [3.05, 3.63) is 12.2 Å². The fourth-order valence-corrected chi connectivity index (χ4v) is 9.23. The Morgan fingerprint density at radius 3 is 2.21 bits per heavy atom. The van der Waals surface area contributed by atoms with E-state index in [0.29, 0.717) is 30.1 Å². The number of carboxylic acids is 2. The minimum absolute atomic E-state index is 0.111. The second kappa shape index (κ2) is 4.08. The molecule has 5 fully saturated rings. The highest BCUT2D eigenvalue weighted by molar-refractivity contribution is 5.82. The van der Waals surface area contributed by atoms with Crippen LogP contribution in [0.3, 0.4) is 0 Å². The number of rotatable bonds is 3. The Kier molecular flexibility index (Phi) is 2.36. The first-order valence-corrected chi connectivity index (χ1v) is 9.65. The molecule has 6 aliphatic rings. The molecule has 6 bridgehead atoms. The summed E-state index contributed by atoms with van der Waals surface area (Å²) in [6, 6.07) is 0. The van der Waals surface area contributed by atoms with E-state index in [9.17, 15) is 19.8 Å². The molecule has 4 nitrogen and oxygen atoms in total. The molecule has 11 atom stereocenters. The first-order valence-electron chi connectivity index (χ1n) is 9.65. The molecule has 24 heavy (non-hydrogen) atoms. The molecule has 0 heterocycles. The summed E-state index contributed by atoms with van der Waals surface area (Å²) in [5.41, 5.74) is -0.981. The van der Waals surface area contributed by atoms with E-state index in [2.05, 4.69) is 12.2 Å². The van der Waals surface area contributed by atoms with Crippen LogP contribution < -0.4 is 0 Å². The van der Waals surface area contributed by atoms with Crippen LogP contribution in [0.15, 0.2) is 12.2 Å². The van der Waals surface area contributed by atoms with E-state index in [1.165, 1.54) is 12.8 Å². The number of hydrogen-bond donors (Lipinski definition) is 2. The van der Waals surface area contributed by atoms with Gasteiger partial charge in [-0.05, 0) is 84.9 Å². The highest BCUT2D eigenvalue weighted by Gasteiger charge is 2.74. The van der Waals surface area contributed by atoms with E-state index in [-0.39, 0.29) is 12.3 Å². The summed E-state index contributed by atoms with van der Waals surface area (Å²) in [6.07, 6.45) is 8.93. The summed E-state index contributed by atoms with van der Waals surface area (Å²) in [4.78, 5) is 23.5. The van der Waals surface area contributed by atoms with Gasteiger partial charge >= 0.3 is 11.9 Å². The molecular weight excluding hydrogens is 304 g/mol. The van der Waals surface area contributed by atoms with E-state index in [1.54, 1.807) is 0 Å². The number of carboxylic acid groups (broad SMARTS) is 2. The molecule has 0 aromatic carbocycles. The van der Waals surface area contributed by atoms with Crippen molar-refractivity contribution in [1.82, 2.24) is 0 Å². The zero-order valence-corrected chi connectivity index (χ0v) is 13.7. The minimum atomic E-state index is -0.981. The fourth-order valence-electron chi connectivity index (χ4n) is 9.23. The third kappa shape index (κ3) is 1.33. The molecule has 0 amide bonds. The van der Waals surface area contributed by atoms with Crippen molar-refractivity contribution in [2.75, 3.05) is 0 Å². The molecule has 0 aromatic rings. The summed E-state index contributed by atoms with van der Waals surface area (Å²) in [5, 5.41) is 19.3. The van der Waals surface area contributed by atoms with Gasteiger partial charge in [-0.25, -0.2) is 0 Å². The summed E-state index contributed by atoms with van der Waals surface area (Å²) in [6.45, 7) is 0. The van der Waals surface area contributed by atoms with Gasteiger partial charge in [-0.15, -0.1) is 0 Å². The average Bonchev–Trinajstić information content (AvgIpc) is 3.30. The van der Waals surface area contributed by atoms with E-state index < -0.39 is 17.4 Å². The average molecular weight is 328 g/mol. The predicted molar refractivity (Wildman–Crippen MR) is 84.8 cm³/mol. The van der Waals surface area contributed by atoms with Crippen LogP contribution in [0.25, 0.3) is 0 Å². The normalized spacial score (nSPS) is 60.7. The summed E-state index contributed by atoms with van der Waals surface area (Å²) >= 11 is 0. The van der Waals surface area contributed by atoms with Crippen molar-refractivity contribution >= 4 is 11.9 Å². The third-order valence-electron chi connectivity index (χ3n) is 9.34. The topological polar surface area (TPSA) is 74.6 Å². The first-order chi connectivity index (χ1) is 11.5. The van der Waals surface area contributed by atoms with Gasteiger partial charge in [-0.1, -0.05) is 12.2 Å². The van der Waals surface area contributed by atoms with Gasteiger partial charge in [0.25, 0.3) is 0 Å². The highest BCUT2D eigenvalue weighted by Crippen LogP contribution is 2.78. The standard InChI is InChI=1S/C20H24O4/c21-14(22)7-20(19(23)24)6-10-4-13(20)18-12-5-11(17(10)18)15-8-1-2-9(3-8)16(12)15/h1-2,8-13,15-18H,3-7H2,(H,21,22)(H,23,24). The second-order valence-corrected chi connectivity index (χ2v) is 9.66. The molecule has 0 radical (unpaired) electrons. The Bertz CT molecular complexity index is 683. The van der Waals surface area contributed by atoms with Crippen LogP contribution in [0, 0.1) is 64.6 Å². The Hall–Kier alpha value is -1.32. The van der Waals surface area contributed by atoms with Crippen LogP contribution in [-0.2, 0) is 9.59 Å². The van der Waals surface area contributed by atoms with Crippen LogP contribution >= 0.6 is 0 Å². The molecular formula is C20H24O4. The maximum absolute atomic E-state index is 12.1. The number of aliphatic carboxylic acids is 2. The Balaban J connectivity index is 1.40. The molecule has 4 heteroatoms. The Morgan fingerprint density at radius 2 is 1.58 bits per heavy atom. The number of hydrogen-bond acceptors (Lipinski definition) is 2. The third-order valence-corrected chi connectivity index (χ3v) is 9.34. The largest absolute Gasteiger partial charge is 0.481 e.